The molecule has 0 aliphatic carbocycles. The molecule has 1 N–H and O–H groups in total. The van der Waals surface area contributed by atoms with Gasteiger partial charge in [0.25, 0.3) is 0 Å². The van der Waals surface area contributed by atoms with Crippen LogP contribution in [0.15, 0.2) is 12.5 Å². The Hall–Kier alpha value is -0.870. The summed E-state index contributed by atoms with van der Waals surface area (Å²) >= 11 is 0. The summed E-state index contributed by atoms with van der Waals surface area (Å²) in [7, 11) is 3.78. The van der Waals surface area contributed by atoms with E-state index in [1.165, 1.54) is 0 Å². The molecule has 18 heavy (non-hydrogen) atoms. The fraction of sp³-hybridized carbons (Fsp3) is 0.786. The van der Waals surface area contributed by atoms with Crippen LogP contribution in [0.5, 0.6) is 0 Å². The van der Waals surface area contributed by atoms with Gasteiger partial charge in [0.05, 0.1) is 23.7 Å². The first-order valence-electron chi connectivity index (χ1n) is 6.75. The maximum absolute atomic E-state index is 5.48. The second kappa shape index (κ2) is 6.90. The number of nitrogens with zero attached hydrogens (tertiary/aromatic N) is 2. The molecule has 0 fully saturated rings. The molecule has 104 valence electrons. The molecule has 1 atom stereocenters. The minimum atomic E-state index is -0.0685. The summed E-state index contributed by atoms with van der Waals surface area (Å²) in [4.78, 5) is 4.46. The van der Waals surface area contributed by atoms with Gasteiger partial charge in [-0.25, -0.2) is 4.98 Å². The molecular weight excluding hydrogens is 226 g/mol. The van der Waals surface area contributed by atoms with E-state index in [-0.39, 0.29) is 5.60 Å². The zero-order chi connectivity index (χ0) is 13.6. The Morgan fingerprint density at radius 3 is 2.72 bits per heavy atom. The fourth-order valence-electron chi connectivity index (χ4n) is 1.88. The van der Waals surface area contributed by atoms with Crippen molar-refractivity contribution in [3.05, 3.63) is 18.2 Å². The highest BCUT2D eigenvalue weighted by molar-refractivity contribution is 5.03. The van der Waals surface area contributed by atoms with E-state index in [0.29, 0.717) is 6.04 Å². The molecule has 0 saturated heterocycles. The molecule has 1 heterocycles. The first kappa shape index (κ1) is 15.2. The van der Waals surface area contributed by atoms with Crippen molar-refractivity contribution >= 4 is 0 Å². The minimum absolute atomic E-state index is 0.0685. The minimum Gasteiger partial charge on any atom is -0.379 e. The SMILES string of the molecule is CCCNC(CCC(C)(C)OC)c1cn(C)cn1. The number of hydrogen-bond acceptors (Lipinski definition) is 3. The summed E-state index contributed by atoms with van der Waals surface area (Å²) < 4.78 is 7.48. The van der Waals surface area contributed by atoms with Crippen LogP contribution in [0.1, 0.15) is 51.8 Å². The van der Waals surface area contributed by atoms with Crippen molar-refractivity contribution in [3.8, 4) is 0 Å². The first-order valence-corrected chi connectivity index (χ1v) is 6.75. The summed E-state index contributed by atoms with van der Waals surface area (Å²) in [5, 5.41) is 3.56. The lowest BCUT2D eigenvalue weighted by Gasteiger charge is -2.25. The Morgan fingerprint density at radius 1 is 1.50 bits per heavy atom. The number of imidazole rings is 1. The molecule has 0 saturated carbocycles. The van der Waals surface area contributed by atoms with Gasteiger partial charge >= 0.3 is 0 Å². The molecule has 0 spiro atoms. The van der Waals surface area contributed by atoms with Gasteiger partial charge in [0.2, 0.25) is 0 Å². The molecule has 0 aliphatic rings. The van der Waals surface area contributed by atoms with Crippen molar-refractivity contribution in [2.45, 2.75) is 51.7 Å². The lowest BCUT2D eigenvalue weighted by molar-refractivity contribution is 0.0116. The summed E-state index contributed by atoms with van der Waals surface area (Å²) in [6, 6.07) is 0.320. The highest BCUT2D eigenvalue weighted by Gasteiger charge is 2.21. The molecule has 1 rings (SSSR count). The molecule has 4 heteroatoms. The van der Waals surface area contributed by atoms with Crippen LogP contribution in [-0.2, 0) is 11.8 Å². The number of aryl methyl sites for hydroxylation is 1. The van der Waals surface area contributed by atoms with Crippen molar-refractivity contribution in [3.63, 3.8) is 0 Å². The number of aromatic nitrogens is 2. The van der Waals surface area contributed by atoms with Crippen LogP contribution in [0.25, 0.3) is 0 Å². The van der Waals surface area contributed by atoms with E-state index < -0.39 is 0 Å². The number of hydrogen-bond donors (Lipinski definition) is 1. The zero-order valence-corrected chi connectivity index (χ0v) is 12.4. The Labute approximate surface area is 111 Å². The van der Waals surface area contributed by atoms with Crippen LogP contribution < -0.4 is 5.32 Å². The second-order valence-electron chi connectivity index (χ2n) is 5.47. The van der Waals surface area contributed by atoms with E-state index in [1.54, 1.807) is 7.11 Å². The average molecular weight is 253 g/mol. The van der Waals surface area contributed by atoms with E-state index in [2.05, 4.69) is 37.3 Å². The number of ether oxygens (including phenoxy) is 1. The summed E-state index contributed by atoms with van der Waals surface area (Å²) in [5.74, 6) is 0. The highest BCUT2D eigenvalue weighted by Crippen LogP contribution is 2.23. The molecule has 1 unspecified atom stereocenters. The summed E-state index contributed by atoms with van der Waals surface area (Å²) in [6.45, 7) is 7.46. The van der Waals surface area contributed by atoms with E-state index in [4.69, 9.17) is 4.74 Å². The van der Waals surface area contributed by atoms with Crippen LogP contribution in [0.3, 0.4) is 0 Å². The van der Waals surface area contributed by atoms with E-state index in [9.17, 15) is 0 Å². The Morgan fingerprint density at radius 2 is 2.22 bits per heavy atom. The molecule has 0 radical (unpaired) electrons. The van der Waals surface area contributed by atoms with Gasteiger partial charge in [0.1, 0.15) is 0 Å². The normalized spacial score (nSPS) is 13.8. The van der Waals surface area contributed by atoms with Gasteiger partial charge < -0.3 is 14.6 Å². The topological polar surface area (TPSA) is 39.1 Å². The van der Waals surface area contributed by atoms with Gasteiger partial charge in [0, 0.05) is 20.4 Å². The lowest BCUT2D eigenvalue weighted by Crippen LogP contribution is -2.28. The maximum atomic E-state index is 5.48. The number of nitrogens with one attached hydrogen (secondary N) is 1. The van der Waals surface area contributed by atoms with Gasteiger partial charge in [-0.15, -0.1) is 0 Å². The second-order valence-corrected chi connectivity index (χ2v) is 5.47. The van der Waals surface area contributed by atoms with Crippen LogP contribution in [0, 0.1) is 0 Å². The van der Waals surface area contributed by atoms with Gasteiger partial charge in [0.15, 0.2) is 0 Å². The highest BCUT2D eigenvalue weighted by atomic mass is 16.5. The van der Waals surface area contributed by atoms with Crippen molar-refractivity contribution in [1.29, 1.82) is 0 Å². The fourth-order valence-corrected chi connectivity index (χ4v) is 1.88. The smallest absolute Gasteiger partial charge is 0.0947 e. The van der Waals surface area contributed by atoms with Crippen LogP contribution in [0.2, 0.25) is 0 Å². The van der Waals surface area contributed by atoms with E-state index in [0.717, 1.165) is 31.5 Å². The largest absolute Gasteiger partial charge is 0.379 e. The average Bonchev–Trinajstić information content (AvgIpc) is 2.76. The van der Waals surface area contributed by atoms with Gasteiger partial charge in [-0.05, 0) is 39.7 Å². The van der Waals surface area contributed by atoms with Gasteiger partial charge in [-0.2, -0.15) is 0 Å². The number of methoxy groups -OCH3 is 1. The monoisotopic (exact) mass is 253 g/mol. The molecular formula is C14H27N3O. The Kier molecular flexibility index (Phi) is 5.82. The van der Waals surface area contributed by atoms with Crippen LogP contribution in [0.4, 0.5) is 0 Å². The quantitative estimate of drug-likeness (QED) is 0.774. The van der Waals surface area contributed by atoms with Crippen molar-refractivity contribution in [2.75, 3.05) is 13.7 Å². The van der Waals surface area contributed by atoms with Gasteiger partial charge in [-0.3, -0.25) is 0 Å². The maximum Gasteiger partial charge on any atom is 0.0947 e. The predicted octanol–water partition coefficient (Wildman–Crippen LogP) is 2.67. The zero-order valence-electron chi connectivity index (χ0n) is 12.4. The van der Waals surface area contributed by atoms with Crippen LogP contribution in [-0.4, -0.2) is 28.8 Å². The molecule has 0 bridgehead atoms. The molecule has 1 aromatic rings. The van der Waals surface area contributed by atoms with Crippen molar-refractivity contribution in [2.24, 2.45) is 7.05 Å². The predicted molar refractivity (Wildman–Crippen MR) is 74.6 cm³/mol. The molecule has 0 aromatic carbocycles. The third kappa shape index (κ3) is 4.78. The molecule has 0 amide bonds. The third-order valence-corrected chi connectivity index (χ3v) is 3.31. The van der Waals surface area contributed by atoms with E-state index >= 15 is 0 Å². The van der Waals surface area contributed by atoms with Crippen molar-refractivity contribution < 1.29 is 4.74 Å². The molecule has 0 aliphatic heterocycles. The summed E-state index contributed by atoms with van der Waals surface area (Å²) in [6.07, 6.45) is 7.14. The Bertz CT molecular complexity index is 347. The number of rotatable bonds is 8. The third-order valence-electron chi connectivity index (χ3n) is 3.31. The Balaban J connectivity index is 2.61. The lowest BCUT2D eigenvalue weighted by atomic mass is 9.97. The first-order chi connectivity index (χ1) is 8.48. The molecule has 4 nitrogen and oxygen atoms in total. The van der Waals surface area contributed by atoms with Crippen molar-refractivity contribution in [1.82, 2.24) is 14.9 Å². The summed E-state index contributed by atoms with van der Waals surface area (Å²) in [5.41, 5.74) is 1.05. The van der Waals surface area contributed by atoms with E-state index in [1.807, 2.05) is 17.9 Å². The molecule has 1 aromatic heterocycles. The van der Waals surface area contributed by atoms with Gasteiger partial charge in [-0.1, -0.05) is 6.92 Å². The standard InChI is InChI=1S/C14H27N3O/c1-6-9-15-12(7-8-14(2,3)18-5)13-10-17(4)11-16-13/h10-12,15H,6-9H2,1-5H3. The van der Waals surface area contributed by atoms with Crippen LogP contribution >= 0.6 is 0 Å².